The zero-order valence-corrected chi connectivity index (χ0v) is 24.3. The van der Waals surface area contributed by atoms with Crippen LogP contribution in [0.15, 0.2) is 72.8 Å². The van der Waals surface area contributed by atoms with Crippen molar-refractivity contribution in [2.45, 2.75) is 25.9 Å². The van der Waals surface area contributed by atoms with Gasteiger partial charge in [0.2, 0.25) is 21.8 Å². The van der Waals surface area contributed by atoms with Crippen molar-refractivity contribution in [2.75, 3.05) is 30.8 Å². The second kappa shape index (κ2) is 13.7. The average Bonchev–Trinajstić information content (AvgIpc) is 2.90. The maximum absolute atomic E-state index is 14.0. The van der Waals surface area contributed by atoms with Gasteiger partial charge in [0.05, 0.1) is 24.1 Å². The first-order valence-corrected chi connectivity index (χ1v) is 14.8. The van der Waals surface area contributed by atoms with E-state index in [1.54, 1.807) is 25.1 Å². The predicted octanol–water partition coefficient (Wildman–Crippen LogP) is 4.54. The number of hydrogen-bond acceptors (Lipinski definition) is 5. The monoisotopic (exact) mass is 591 g/mol. The van der Waals surface area contributed by atoms with Crippen molar-refractivity contribution in [2.24, 2.45) is 0 Å². The third-order valence-corrected chi connectivity index (χ3v) is 7.65. The molecule has 1 N–H and O–H groups in total. The van der Waals surface area contributed by atoms with E-state index in [1.807, 2.05) is 36.4 Å². The highest BCUT2D eigenvalue weighted by Gasteiger charge is 2.33. The summed E-state index contributed by atoms with van der Waals surface area (Å²) in [5, 5.41) is 3.18. The molecule has 39 heavy (non-hydrogen) atoms. The van der Waals surface area contributed by atoms with Gasteiger partial charge < -0.3 is 15.0 Å². The maximum atomic E-state index is 14.0. The van der Waals surface area contributed by atoms with Crippen molar-refractivity contribution >= 4 is 50.7 Å². The van der Waals surface area contributed by atoms with Crippen molar-refractivity contribution < 1.29 is 22.7 Å². The van der Waals surface area contributed by atoms with Crippen LogP contribution < -0.4 is 14.4 Å². The third kappa shape index (κ3) is 8.36. The lowest BCUT2D eigenvalue weighted by atomic mass is 10.0. The summed E-state index contributed by atoms with van der Waals surface area (Å²) in [6, 6.07) is 19.9. The van der Waals surface area contributed by atoms with E-state index in [2.05, 4.69) is 5.32 Å². The van der Waals surface area contributed by atoms with E-state index in [-0.39, 0.29) is 34.6 Å². The van der Waals surface area contributed by atoms with Crippen molar-refractivity contribution in [3.8, 4) is 5.75 Å². The Morgan fingerprint density at radius 1 is 0.974 bits per heavy atom. The SMILES string of the molecule is CCNC(=O)[C@@H](Cc1ccccc1)N(Cc1cccc(OC)c1)C(=O)CN(c1cc(Cl)ccc1Cl)S(C)(=O)=O. The number of halogens is 2. The molecule has 0 unspecified atom stereocenters. The minimum atomic E-state index is -3.96. The fourth-order valence-corrected chi connectivity index (χ4v) is 5.37. The van der Waals surface area contributed by atoms with Crippen molar-refractivity contribution in [1.29, 1.82) is 0 Å². The second-order valence-electron chi connectivity index (χ2n) is 8.84. The molecule has 2 amide bonds. The van der Waals surface area contributed by atoms with Gasteiger partial charge >= 0.3 is 0 Å². The lowest BCUT2D eigenvalue weighted by Crippen LogP contribution is -2.53. The first-order valence-electron chi connectivity index (χ1n) is 12.2. The molecule has 11 heteroatoms. The first kappa shape index (κ1) is 30.3. The number of ether oxygens (including phenoxy) is 1. The number of rotatable bonds is 12. The highest BCUT2D eigenvalue weighted by Crippen LogP contribution is 2.31. The highest BCUT2D eigenvalue weighted by atomic mass is 35.5. The summed E-state index contributed by atoms with van der Waals surface area (Å²) >= 11 is 12.4. The second-order valence-corrected chi connectivity index (χ2v) is 11.6. The number of amides is 2. The van der Waals surface area contributed by atoms with Gasteiger partial charge in [0.15, 0.2) is 0 Å². The molecule has 0 spiro atoms. The molecule has 208 valence electrons. The van der Waals surface area contributed by atoms with E-state index in [9.17, 15) is 18.0 Å². The van der Waals surface area contributed by atoms with Crippen LogP contribution in [-0.4, -0.2) is 57.6 Å². The minimum Gasteiger partial charge on any atom is -0.497 e. The summed E-state index contributed by atoms with van der Waals surface area (Å²) < 4.78 is 31.9. The molecular weight excluding hydrogens is 561 g/mol. The summed E-state index contributed by atoms with van der Waals surface area (Å²) in [5.41, 5.74) is 1.62. The van der Waals surface area contributed by atoms with Crippen LogP contribution in [0.4, 0.5) is 5.69 Å². The molecule has 0 fully saturated rings. The van der Waals surface area contributed by atoms with Crippen molar-refractivity contribution in [3.05, 3.63) is 94.0 Å². The fraction of sp³-hybridized carbons (Fsp3) is 0.286. The van der Waals surface area contributed by atoms with Crippen LogP contribution in [0.5, 0.6) is 5.75 Å². The van der Waals surface area contributed by atoms with Gasteiger partial charge in [0, 0.05) is 24.5 Å². The molecule has 0 radical (unpaired) electrons. The Morgan fingerprint density at radius 3 is 2.31 bits per heavy atom. The molecule has 0 saturated heterocycles. The fourth-order valence-electron chi connectivity index (χ4n) is 4.09. The number of nitrogens with one attached hydrogen (secondary N) is 1. The molecule has 3 aromatic carbocycles. The number of benzene rings is 3. The van der Waals surface area contributed by atoms with Crippen LogP contribution in [0.3, 0.4) is 0 Å². The number of sulfonamides is 1. The van der Waals surface area contributed by atoms with Crippen LogP contribution >= 0.6 is 23.2 Å². The van der Waals surface area contributed by atoms with Gasteiger partial charge in [-0.25, -0.2) is 8.42 Å². The molecule has 3 rings (SSSR count). The van der Waals surface area contributed by atoms with Crippen LogP contribution in [0.2, 0.25) is 10.0 Å². The average molecular weight is 593 g/mol. The zero-order valence-electron chi connectivity index (χ0n) is 21.9. The summed E-state index contributed by atoms with van der Waals surface area (Å²) in [4.78, 5) is 28.8. The molecule has 3 aromatic rings. The smallest absolute Gasteiger partial charge is 0.244 e. The van der Waals surface area contributed by atoms with Gasteiger partial charge in [-0.1, -0.05) is 65.7 Å². The summed E-state index contributed by atoms with van der Waals surface area (Å²) in [6.07, 6.45) is 1.20. The Hall–Kier alpha value is -3.27. The van der Waals surface area contributed by atoms with E-state index in [1.165, 1.54) is 30.2 Å². The zero-order chi connectivity index (χ0) is 28.6. The van der Waals surface area contributed by atoms with Crippen LogP contribution in [0, 0.1) is 0 Å². The molecule has 0 aromatic heterocycles. The summed E-state index contributed by atoms with van der Waals surface area (Å²) in [5.74, 6) is -0.364. The number of nitrogens with zero attached hydrogens (tertiary/aromatic N) is 2. The topological polar surface area (TPSA) is 96.0 Å². The van der Waals surface area contributed by atoms with Gasteiger partial charge in [-0.05, 0) is 48.4 Å². The molecule has 0 aliphatic carbocycles. The predicted molar refractivity (Wildman–Crippen MR) is 155 cm³/mol. The lowest BCUT2D eigenvalue weighted by molar-refractivity contribution is -0.140. The van der Waals surface area contributed by atoms with Crippen molar-refractivity contribution in [3.63, 3.8) is 0 Å². The number of carbonyl (C=O) groups is 2. The number of likely N-dealkylation sites (N-methyl/N-ethyl adjacent to an activating group) is 1. The molecule has 8 nitrogen and oxygen atoms in total. The quantitative estimate of drug-likeness (QED) is 0.333. The number of carbonyl (C=O) groups excluding carboxylic acids is 2. The number of anilines is 1. The molecule has 0 heterocycles. The summed E-state index contributed by atoms with van der Waals surface area (Å²) in [7, 11) is -2.43. The van der Waals surface area contributed by atoms with E-state index in [4.69, 9.17) is 27.9 Å². The van der Waals surface area contributed by atoms with E-state index in [0.717, 1.165) is 16.1 Å². The molecule has 1 atom stereocenters. The molecule has 0 bridgehead atoms. The van der Waals surface area contributed by atoms with Gasteiger partial charge in [-0.15, -0.1) is 0 Å². The minimum absolute atomic E-state index is 0.0333. The largest absolute Gasteiger partial charge is 0.497 e. The van der Waals surface area contributed by atoms with E-state index >= 15 is 0 Å². The van der Waals surface area contributed by atoms with Crippen molar-refractivity contribution in [1.82, 2.24) is 10.2 Å². The molecule has 0 saturated carbocycles. The molecular formula is C28H31Cl2N3O5S. The summed E-state index contributed by atoms with van der Waals surface area (Å²) in [6.45, 7) is 1.59. The highest BCUT2D eigenvalue weighted by molar-refractivity contribution is 7.92. The molecule has 0 aliphatic rings. The third-order valence-electron chi connectivity index (χ3n) is 5.97. The standard InChI is InChI=1S/C28H31Cl2N3O5S/c1-4-31-28(35)26(16-20-9-6-5-7-10-20)32(18-21-11-8-12-23(15-21)38-2)27(34)19-33(39(3,36)37)25-17-22(29)13-14-24(25)30/h5-15,17,26H,4,16,18-19H2,1-3H3,(H,31,35)/t26-/m1/s1. The van der Waals surface area contributed by atoms with E-state index < -0.39 is 28.5 Å². The Kier molecular flexibility index (Phi) is 10.6. The number of methoxy groups -OCH3 is 1. The first-order chi connectivity index (χ1) is 18.5. The Balaban J connectivity index is 2.08. The lowest BCUT2D eigenvalue weighted by Gasteiger charge is -2.33. The molecule has 0 aliphatic heterocycles. The van der Waals surface area contributed by atoms with Gasteiger partial charge in [-0.2, -0.15) is 0 Å². The van der Waals surface area contributed by atoms with E-state index in [0.29, 0.717) is 17.9 Å². The van der Waals surface area contributed by atoms with Crippen LogP contribution in [0.25, 0.3) is 0 Å². The Morgan fingerprint density at radius 2 is 1.67 bits per heavy atom. The van der Waals surface area contributed by atoms with Gasteiger partial charge in [0.1, 0.15) is 18.3 Å². The number of hydrogen-bond donors (Lipinski definition) is 1. The van der Waals surface area contributed by atoms with Gasteiger partial charge in [-0.3, -0.25) is 13.9 Å². The van der Waals surface area contributed by atoms with Gasteiger partial charge in [0.25, 0.3) is 0 Å². The normalized spacial score (nSPS) is 11.9. The Bertz CT molecular complexity index is 1400. The maximum Gasteiger partial charge on any atom is 0.244 e. The Labute approximate surface area is 239 Å². The van der Waals surface area contributed by atoms with Crippen LogP contribution in [-0.2, 0) is 32.6 Å². The van der Waals surface area contributed by atoms with Crippen LogP contribution in [0.1, 0.15) is 18.1 Å².